The van der Waals surface area contributed by atoms with Crippen molar-refractivity contribution in [2.75, 3.05) is 6.54 Å². The van der Waals surface area contributed by atoms with Crippen LogP contribution in [0.25, 0.3) is 0 Å². The van der Waals surface area contributed by atoms with Crippen LogP contribution < -0.4 is 10.6 Å². The lowest BCUT2D eigenvalue weighted by Gasteiger charge is -2.49. The molecule has 0 aromatic carbocycles. The molecule has 3 N–H and O–H groups in total. The van der Waals surface area contributed by atoms with E-state index in [-0.39, 0.29) is 17.1 Å². The molecule has 2 fully saturated rings. The first-order valence-corrected chi connectivity index (χ1v) is 5.54. The first-order chi connectivity index (χ1) is 6.82. The van der Waals surface area contributed by atoms with Crippen molar-refractivity contribution in [2.45, 2.75) is 32.4 Å². The van der Waals surface area contributed by atoms with Crippen molar-refractivity contribution in [3.63, 3.8) is 0 Å². The van der Waals surface area contributed by atoms with Gasteiger partial charge >= 0.3 is 0 Å². The van der Waals surface area contributed by atoms with Gasteiger partial charge in [0, 0.05) is 19.4 Å². The summed E-state index contributed by atoms with van der Waals surface area (Å²) in [7, 11) is 0. The topological polar surface area (TPSA) is 61.4 Å². The Bertz CT molecular complexity index is 329. The number of hydrogen-bond donors (Lipinski definition) is 3. The van der Waals surface area contributed by atoms with Gasteiger partial charge in [-0.1, -0.05) is 13.8 Å². The van der Waals surface area contributed by atoms with Gasteiger partial charge < -0.3 is 15.7 Å². The molecule has 0 aromatic rings. The summed E-state index contributed by atoms with van der Waals surface area (Å²) in [6.45, 7) is 4.43. The first kappa shape index (κ1) is 10.8. The van der Waals surface area contributed by atoms with Crippen LogP contribution in [0.5, 0.6) is 0 Å². The largest absolute Gasteiger partial charge is 0.370 e. The highest BCUT2D eigenvalue weighted by atomic mass is 32.1. The van der Waals surface area contributed by atoms with E-state index in [4.69, 9.17) is 12.2 Å². The summed E-state index contributed by atoms with van der Waals surface area (Å²) in [6.07, 6.45) is 1.08. The van der Waals surface area contributed by atoms with Crippen LogP contribution in [0, 0.1) is 11.3 Å². The lowest BCUT2D eigenvalue weighted by Crippen LogP contribution is -2.69. The smallest absolute Gasteiger partial charge is 0.168 e. The van der Waals surface area contributed by atoms with Crippen molar-refractivity contribution in [3.05, 3.63) is 0 Å². The fourth-order valence-corrected chi connectivity index (χ4v) is 2.89. The maximum Gasteiger partial charge on any atom is 0.168 e. The molecular formula is C10H16N2O2S. The maximum atomic E-state index is 11.9. The van der Waals surface area contributed by atoms with Crippen LogP contribution in [0.15, 0.2) is 0 Å². The molecule has 0 amide bonds. The number of fused-ring (bicyclic) bond motifs is 1. The van der Waals surface area contributed by atoms with Gasteiger partial charge in [0.15, 0.2) is 5.11 Å². The van der Waals surface area contributed by atoms with E-state index in [9.17, 15) is 9.90 Å². The minimum atomic E-state index is -1.15. The Balaban J connectivity index is 2.29. The monoisotopic (exact) mass is 228 g/mol. The van der Waals surface area contributed by atoms with Gasteiger partial charge in [0.25, 0.3) is 0 Å². The van der Waals surface area contributed by atoms with Crippen LogP contribution in [0.2, 0.25) is 0 Å². The Morgan fingerprint density at radius 2 is 2.20 bits per heavy atom. The van der Waals surface area contributed by atoms with Gasteiger partial charge in [0.1, 0.15) is 11.5 Å². The lowest BCUT2D eigenvalue weighted by atomic mass is 9.67. The number of thiocarbonyl (C=S) groups is 1. The van der Waals surface area contributed by atoms with Crippen molar-refractivity contribution in [3.8, 4) is 0 Å². The third-order valence-corrected chi connectivity index (χ3v) is 3.41. The number of carbonyl (C=O) groups is 1. The molecule has 1 saturated heterocycles. The fourth-order valence-electron chi connectivity index (χ4n) is 2.63. The van der Waals surface area contributed by atoms with Crippen molar-refractivity contribution in [1.82, 2.24) is 10.6 Å². The molecule has 0 aromatic heterocycles. The Morgan fingerprint density at radius 3 is 2.87 bits per heavy atom. The van der Waals surface area contributed by atoms with Gasteiger partial charge in [-0.15, -0.1) is 0 Å². The molecule has 1 heterocycles. The fraction of sp³-hybridized carbons (Fsp3) is 0.800. The van der Waals surface area contributed by atoms with Gasteiger partial charge in [-0.2, -0.15) is 0 Å². The third-order valence-electron chi connectivity index (χ3n) is 3.16. The zero-order valence-electron chi connectivity index (χ0n) is 8.96. The molecule has 2 rings (SSSR count). The number of aliphatic hydroxyl groups is 1. The van der Waals surface area contributed by atoms with E-state index >= 15 is 0 Å². The normalized spacial score (nSPS) is 39.0. The van der Waals surface area contributed by atoms with E-state index < -0.39 is 5.72 Å². The van der Waals surface area contributed by atoms with Gasteiger partial charge in [-0.25, -0.2) is 0 Å². The molecule has 1 saturated carbocycles. The van der Waals surface area contributed by atoms with Gasteiger partial charge in [-0.3, -0.25) is 4.79 Å². The number of ketones is 1. The lowest BCUT2D eigenvalue weighted by molar-refractivity contribution is -0.151. The molecule has 84 valence electrons. The SMILES string of the molecule is CC1(C)CC(=O)C2CNC(=S)NC2(O)C1. The maximum absolute atomic E-state index is 11.9. The number of Topliss-reactive ketones (excluding diaryl/α,β-unsaturated/α-hetero) is 1. The van der Waals surface area contributed by atoms with E-state index in [0.717, 1.165) is 0 Å². The molecule has 0 bridgehead atoms. The van der Waals surface area contributed by atoms with Crippen molar-refractivity contribution < 1.29 is 9.90 Å². The van der Waals surface area contributed by atoms with Gasteiger partial charge in [-0.05, 0) is 17.6 Å². The summed E-state index contributed by atoms with van der Waals surface area (Å²) in [5.41, 5.74) is -1.32. The zero-order valence-corrected chi connectivity index (χ0v) is 9.78. The summed E-state index contributed by atoms with van der Waals surface area (Å²) < 4.78 is 0. The Kier molecular flexibility index (Phi) is 2.28. The average molecular weight is 228 g/mol. The Hall–Kier alpha value is -0.680. The molecule has 0 radical (unpaired) electrons. The van der Waals surface area contributed by atoms with Crippen molar-refractivity contribution in [2.24, 2.45) is 11.3 Å². The molecule has 15 heavy (non-hydrogen) atoms. The van der Waals surface area contributed by atoms with E-state index in [1.54, 1.807) is 0 Å². The second-order valence-electron chi connectivity index (χ2n) is 5.30. The molecular weight excluding hydrogens is 212 g/mol. The number of nitrogens with one attached hydrogen (secondary N) is 2. The summed E-state index contributed by atoms with van der Waals surface area (Å²) in [6, 6.07) is 0. The quantitative estimate of drug-likeness (QED) is 0.516. The van der Waals surface area contributed by atoms with E-state index in [2.05, 4.69) is 10.6 Å². The van der Waals surface area contributed by atoms with Crippen LogP contribution in [0.1, 0.15) is 26.7 Å². The summed E-state index contributed by atoms with van der Waals surface area (Å²) in [5.74, 6) is -0.270. The van der Waals surface area contributed by atoms with E-state index in [0.29, 0.717) is 24.5 Å². The number of hydrogen-bond acceptors (Lipinski definition) is 3. The van der Waals surface area contributed by atoms with Crippen LogP contribution >= 0.6 is 12.2 Å². The predicted molar refractivity (Wildman–Crippen MR) is 60.2 cm³/mol. The van der Waals surface area contributed by atoms with Gasteiger partial charge in [0.05, 0.1) is 5.92 Å². The number of carbonyl (C=O) groups excluding carboxylic acids is 1. The molecule has 1 aliphatic carbocycles. The van der Waals surface area contributed by atoms with Crippen molar-refractivity contribution in [1.29, 1.82) is 0 Å². The molecule has 0 spiro atoms. The second-order valence-corrected chi connectivity index (χ2v) is 5.70. The molecule has 2 aliphatic rings. The molecule has 1 aliphatic heterocycles. The molecule has 2 atom stereocenters. The van der Waals surface area contributed by atoms with Crippen LogP contribution in [0.4, 0.5) is 0 Å². The zero-order chi connectivity index (χ0) is 11.3. The minimum absolute atomic E-state index is 0.108. The van der Waals surface area contributed by atoms with Crippen LogP contribution in [-0.2, 0) is 4.79 Å². The standard InChI is InChI=1S/C10H16N2O2S/c1-9(2)3-7(13)6-4-11-8(15)12-10(6,14)5-9/h6,14H,3-5H2,1-2H3,(H2,11,12,15). The first-order valence-electron chi connectivity index (χ1n) is 5.14. The predicted octanol–water partition coefficient (Wildman–Crippen LogP) is 0.158. The third kappa shape index (κ3) is 1.86. The second kappa shape index (κ2) is 3.15. The van der Waals surface area contributed by atoms with Crippen LogP contribution in [-0.4, -0.2) is 28.3 Å². The Morgan fingerprint density at radius 1 is 1.53 bits per heavy atom. The number of rotatable bonds is 0. The highest BCUT2D eigenvalue weighted by Gasteiger charge is 2.52. The van der Waals surface area contributed by atoms with E-state index in [1.807, 2.05) is 13.8 Å². The highest BCUT2D eigenvalue weighted by molar-refractivity contribution is 7.80. The average Bonchev–Trinajstić information content (AvgIpc) is 1.97. The summed E-state index contributed by atoms with van der Waals surface area (Å²) in [5, 5.41) is 16.6. The Labute approximate surface area is 94.4 Å². The van der Waals surface area contributed by atoms with Crippen LogP contribution in [0.3, 0.4) is 0 Å². The van der Waals surface area contributed by atoms with Crippen molar-refractivity contribution >= 4 is 23.1 Å². The molecule has 2 unspecified atom stereocenters. The molecule has 4 nitrogen and oxygen atoms in total. The molecule has 5 heteroatoms. The summed E-state index contributed by atoms with van der Waals surface area (Å²) >= 11 is 4.97. The van der Waals surface area contributed by atoms with E-state index in [1.165, 1.54) is 0 Å². The highest BCUT2D eigenvalue weighted by Crippen LogP contribution is 2.41. The summed E-state index contributed by atoms with van der Waals surface area (Å²) in [4.78, 5) is 11.9. The van der Waals surface area contributed by atoms with Gasteiger partial charge in [0.2, 0.25) is 0 Å². The minimum Gasteiger partial charge on any atom is -0.370 e.